The highest BCUT2D eigenvalue weighted by Crippen LogP contribution is 1.63. The molecule has 0 aliphatic heterocycles. The lowest BCUT2D eigenvalue weighted by molar-refractivity contribution is -0.556. The van der Waals surface area contributed by atoms with Gasteiger partial charge in [-0.2, -0.15) is 0 Å². The van der Waals surface area contributed by atoms with Crippen molar-refractivity contribution in [2.45, 2.75) is 0 Å². The van der Waals surface area contributed by atoms with Crippen molar-refractivity contribution >= 4 is 0 Å². The Morgan fingerprint density at radius 1 is 1.86 bits per heavy atom. The summed E-state index contributed by atoms with van der Waals surface area (Å²) in [7, 11) is 0. The Morgan fingerprint density at radius 2 is 2.43 bits per heavy atom. The van der Waals surface area contributed by atoms with Crippen LogP contribution in [0.5, 0.6) is 0 Å². The molecule has 0 amide bonds. The molecular weight excluding hydrogens is 102 g/mol. The lowest BCUT2D eigenvalue weighted by Crippen LogP contribution is -2.10. The molecule has 0 saturated heterocycles. The van der Waals surface area contributed by atoms with Crippen molar-refractivity contribution in [2.75, 3.05) is 13.5 Å². The maximum absolute atomic E-state index is 9.36. The predicted molar refractivity (Wildman–Crippen MR) is 21.2 cm³/mol. The van der Waals surface area contributed by atoms with E-state index in [0.717, 1.165) is 0 Å². The van der Waals surface area contributed by atoms with Crippen LogP contribution in [0.2, 0.25) is 0 Å². The second-order valence-corrected chi connectivity index (χ2v) is 0.839. The van der Waals surface area contributed by atoms with E-state index in [4.69, 9.17) is 5.11 Å². The molecule has 7 heavy (non-hydrogen) atoms. The van der Waals surface area contributed by atoms with Gasteiger partial charge in [-0.1, -0.05) is 0 Å². The molecule has 0 unspecified atom stereocenters. The van der Waals surface area contributed by atoms with E-state index in [1.54, 1.807) is 0 Å². The summed E-state index contributed by atoms with van der Waals surface area (Å²) in [5.74, 6) is 0. The fraction of sp³-hybridized carbons (Fsp3) is 1.00. The zero-order chi connectivity index (χ0) is 5.70. The van der Waals surface area contributed by atoms with Crippen LogP contribution in [0.3, 0.4) is 0 Å². The van der Waals surface area contributed by atoms with Gasteiger partial charge in [0.2, 0.25) is 0 Å². The average Bonchev–Trinajstić information content (AvgIpc) is 1.61. The van der Waals surface area contributed by atoms with Crippen molar-refractivity contribution in [3.63, 3.8) is 0 Å². The Kier molecular flexibility index (Phi) is 3.17. The van der Waals surface area contributed by atoms with Gasteiger partial charge in [-0.25, -0.2) is 0 Å². The Bertz CT molecular complexity index is 62.7. The average molecular weight is 108 g/mol. The smallest absolute Gasteiger partial charge is 0.356 e. The molecule has 5 nitrogen and oxygen atoms in total. The van der Waals surface area contributed by atoms with E-state index in [9.17, 15) is 10.1 Å². The topological polar surface area (TPSA) is 76.2 Å². The molecular formula is C2H6NO4+. The molecule has 0 atom stereocenters. The van der Waals surface area contributed by atoms with Gasteiger partial charge in [0.1, 0.15) is 0 Å². The zero-order valence-electron chi connectivity index (χ0n) is 3.57. The van der Waals surface area contributed by atoms with Crippen LogP contribution in [-0.4, -0.2) is 28.3 Å². The molecule has 2 N–H and O–H groups in total. The van der Waals surface area contributed by atoms with E-state index in [1.807, 2.05) is 0 Å². The van der Waals surface area contributed by atoms with E-state index in [0.29, 0.717) is 0 Å². The van der Waals surface area contributed by atoms with Gasteiger partial charge in [0.15, 0.2) is 0 Å². The highest BCUT2D eigenvalue weighted by atomic mass is 16.7. The lowest BCUT2D eigenvalue weighted by atomic mass is 11.3. The molecule has 0 spiro atoms. The predicted octanol–water partition coefficient (Wildman–Crippen LogP) is -1.30. The number of aliphatic hydroxyl groups is 3. The van der Waals surface area contributed by atoms with Crippen LogP contribution in [-0.2, 0) is 0 Å². The second-order valence-electron chi connectivity index (χ2n) is 0.839. The summed E-state index contributed by atoms with van der Waals surface area (Å²) in [6.45, 7) is -0.975. The number of nitrogens with zero attached hydrogens (tertiary/aromatic N) is 1. The van der Waals surface area contributed by atoms with E-state index in [2.05, 4.69) is 4.74 Å². The molecule has 0 heterocycles. The summed E-state index contributed by atoms with van der Waals surface area (Å²) < 4.78 is 3.03. The Labute approximate surface area is 39.7 Å². The van der Waals surface area contributed by atoms with Gasteiger partial charge < -0.3 is 9.84 Å². The minimum atomic E-state index is -0.615. The van der Waals surface area contributed by atoms with Crippen LogP contribution in [0.25, 0.3) is 0 Å². The maximum atomic E-state index is 9.36. The van der Waals surface area contributed by atoms with Crippen LogP contribution in [0.4, 0.5) is 0 Å². The summed E-state index contributed by atoms with van der Waals surface area (Å²) in [5.41, 5.74) is 0. The molecule has 42 valence electrons. The van der Waals surface area contributed by atoms with E-state index >= 15 is 0 Å². The van der Waals surface area contributed by atoms with E-state index < -0.39 is 18.4 Å². The van der Waals surface area contributed by atoms with Crippen molar-refractivity contribution in [2.24, 2.45) is 0 Å². The number of hydrogen-bond donors (Lipinski definition) is 1. The van der Waals surface area contributed by atoms with Crippen molar-refractivity contribution in [1.29, 1.82) is 0 Å². The first kappa shape index (κ1) is 6.32. The summed E-state index contributed by atoms with van der Waals surface area (Å²) in [6.07, 6.45) is 0. The van der Waals surface area contributed by atoms with Crippen LogP contribution in [0.1, 0.15) is 0 Å². The fourth-order valence-corrected chi connectivity index (χ4v) is 0.126. The SMILES string of the molecule is O=[N+]([O-])C[OH+]CO. The fourth-order valence-electron chi connectivity index (χ4n) is 0.126. The van der Waals surface area contributed by atoms with Gasteiger partial charge in [0.25, 0.3) is 6.79 Å². The van der Waals surface area contributed by atoms with Crippen LogP contribution < -0.4 is 0 Å². The summed E-state index contributed by atoms with van der Waals surface area (Å²) in [4.78, 5) is 8.74. The van der Waals surface area contributed by atoms with Crippen LogP contribution in [0, 0.1) is 10.1 Å². The van der Waals surface area contributed by atoms with Crippen molar-refractivity contribution < 1.29 is 14.8 Å². The second kappa shape index (κ2) is 3.51. The molecule has 0 aliphatic carbocycles. The molecule has 0 aromatic carbocycles. The van der Waals surface area contributed by atoms with Gasteiger partial charge in [0.05, 0.1) is 4.92 Å². The van der Waals surface area contributed by atoms with Gasteiger partial charge in [-0.15, -0.1) is 0 Å². The Hall–Kier alpha value is -0.680. The minimum absolute atomic E-state index is 0.471. The molecule has 0 aliphatic rings. The van der Waals surface area contributed by atoms with Gasteiger partial charge >= 0.3 is 6.73 Å². The zero-order valence-corrected chi connectivity index (χ0v) is 3.57. The molecule has 0 radical (unpaired) electrons. The van der Waals surface area contributed by atoms with Crippen molar-refractivity contribution in [1.82, 2.24) is 0 Å². The quantitative estimate of drug-likeness (QED) is 0.211. The van der Waals surface area contributed by atoms with E-state index in [-0.39, 0.29) is 0 Å². The Balaban J connectivity index is 2.82. The first-order valence-electron chi connectivity index (χ1n) is 1.63. The number of hydrogen-bond acceptors (Lipinski definition) is 3. The monoisotopic (exact) mass is 108 g/mol. The van der Waals surface area contributed by atoms with Gasteiger partial charge in [0, 0.05) is 0 Å². The van der Waals surface area contributed by atoms with Gasteiger partial charge in [-0.05, 0) is 0 Å². The molecule has 0 rings (SSSR count). The van der Waals surface area contributed by atoms with Crippen LogP contribution in [0.15, 0.2) is 0 Å². The Morgan fingerprint density at radius 3 is 2.57 bits per heavy atom. The number of ether oxygens (including phenoxy) is 1. The third-order valence-corrected chi connectivity index (χ3v) is 0.315. The van der Waals surface area contributed by atoms with Crippen molar-refractivity contribution in [3.05, 3.63) is 10.1 Å². The third kappa shape index (κ3) is 5.32. The van der Waals surface area contributed by atoms with E-state index in [1.165, 1.54) is 0 Å². The first-order chi connectivity index (χ1) is 3.27. The normalized spacial score (nSPS) is 8.71. The molecule has 0 aromatic heterocycles. The number of rotatable bonds is 3. The highest BCUT2D eigenvalue weighted by molar-refractivity contribution is 3.99. The largest absolute Gasteiger partial charge is 0.398 e. The summed E-state index contributed by atoms with van der Waals surface area (Å²) in [6, 6.07) is 0. The van der Waals surface area contributed by atoms with Crippen LogP contribution >= 0.6 is 0 Å². The number of nitro groups is 1. The standard InChI is InChI=1S/C2H5NO4/c4-2-7-1-3(5)6/h4H,1-2H2/p+1. The molecule has 0 saturated carbocycles. The summed E-state index contributed by atoms with van der Waals surface area (Å²) >= 11 is 0. The molecule has 5 heteroatoms. The molecule has 0 aromatic rings. The third-order valence-electron chi connectivity index (χ3n) is 0.315. The summed E-state index contributed by atoms with van der Waals surface area (Å²) in [5, 5.41) is 17.2. The molecule has 0 fully saturated rings. The molecule has 0 bridgehead atoms. The van der Waals surface area contributed by atoms with Gasteiger partial charge in [-0.3, -0.25) is 10.1 Å². The minimum Gasteiger partial charge on any atom is -0.356 e. The lowest BCUT2D eigenvalue weighted by Gasteiger charge is -1.85. The van der Waals surface area contributed by atoms with Crippen molar-refractivity contribution in [3.8, 4) is 0 Å². The maximum Gasteiger partial charge on any atom is 0.398 e. The number of aliphatic hydroxyl groups excluding tert-OH is 1. The highest BCUT2D eigenvalue weighted by Gasteiger charge is 1.94. The first-order valence-corrected chi connectivity index (χ1v) is 1.63.